The van der Waals surface area contributed by atoms with Gasteiger partial charge in [0.05, 0.1) is 32.1 Å². The number of nitrogens with zero attached hydrogens (tertiary/aromatic N) is 1. The molecule has 0 saturated carbocycles. The maximum Gasteiger partial charge on any atom is 0.355 e. The third-order valence-electron chi connectivity index (χ3n) is 4.21. The normalized spacial score (nSPS) is 13.9. The summed E-state index contributed by atoms with van der Waals surface area (Å²) in [5, 5.41) is 0. The van der Waals surface area contributed by atoms with Gasteiger partial charge in [-0.05, 0) is 36.8 Å². The number of ether oxygens (including phenoxy) is 4. The van der Waals surface area contributed by atoms with E-state index in [0.29, 0.717) is 17.2 Å². The molecule has 0 amide bonds. The molecular weight excluding hydrogens is 362 g/mol. The maximum absolute atomic E-state index is 12.5. The van der Waals surface area contributed by atoms with Crippen molar-refractivity contribution >= 4 is 17.6 Å². The van der Waals surface area contributed by atoms with Crippen molar-refractivity contribution < 1.29 is 28.5 Å². The average molecular weight is 383 g/mol. The van der Waals surface area contributed by atoms with Crippen LogP contribution in [0.2, 0.25) is 0 Å². The lowest BCUT2D eigenvalue weighted by atomic mass is 10.1. The van der Waals surface area contributed by atoms with E-state index in [9.17, 15) is 9.59 Å². The van der Waals surface area contributed by atoms with E-state index in [1.165, 1.54) is 14.2 Å². The molecule has 1 heterocycles. The van der Waals surface area contributed by atoms with Crippen LogP contribution in [0.1, 0.15) is 5.56 Å². The second-order valence-corrected chi connectivity index (χ2v) is 6.10. The molecule has 0 unspecified atom stereocenters. The molecule has 0 N–H and O–H groups in total. The first-order valence-corrected chi connectivity index (χ1v) is 8.63. The van der Waals surface area contributed by atoms with Gasteiger partial charge in [0.15, 0.2) is 5.75 Å². The van der Waals surface area contributed by atoms with Crippen molar-refractivity contribution in [3.05, 3.63) is 65.4 Å². The molecule has 28 heavy (non-hydrogen) atoms. The first-order chi connectivity index (χ1) is 13.5. The third kappa shape index (κ3) is 3.99. The summed E-state index contributed by atoms with van der Waals surface area (Å²) in [5.74, 6) is -0.150. The van der Waals surface area contributed by atoms with Gasteiger partial charge in [-0.1, -0.05) is 24.3 Å². The van der Waals surface area contributed by atoms with Crippen LogP contribution >= 0.6 is 0 Å². The van der Waals surface area contributed by atoms with Crippen LogP contribution in [0.4, 0.5) is 5.69 Å². The topological polar surface area (TPSA) is 74.3 Å². The van der Waals surface area contributed by atoms with E-state index in [2.05, 4.69) is 0 Å². The molecule has 146 valence electrons. The number of benzene rings is 2. The molecule has 0 aromatic heterocycles. The first kappa shape index (κ1) is 19.4. The SMILES string of the molecule is COC(=O)C1=C(C(=O)OC)N(c2ccccc2Oc2cccc(C)c2)COC1. The van der Waals surface area contributed by atoms with Crippen LogP contribution in [0.15, 0.2) is 59.8 Å². The van der Waals surface area contributed by atoms with E-state index in [1.54, 1.807) is 23.1 Å². The van der Waals surface area contributed by atoms with Crippen molar-refractivity contribution in [2.75, 3.05) is 32.5 Å². The number of hydrogen-bond donors (Lipinski definition) is 0. The Morgan fingerprint density at radius 1 is 1.00 bits per heavy atom. The summed E-state index contributed by atoms with van der Waals surface area (Å²) in [4.78, 5) is 26.2. The van der Waals surface area contributed by atoms with E-state index >= 15 is 0 Å². The number of carbonyl (C=O) groups excluding carboxylic acids is 2. The zero-order chi connectivity index (χ0) is 20.1. The van der Waals surface area contributed by atoms with Gasteiger partial charge in [-0.15, -0.1) is 0 Å². The summed E-state index contributed by atoms with van der Waals surface area (Å²) in [6.07, 6.45) is 0. The summed E-state index contributed by atoms with van der Waals surface area (Å²) in [5.41, 5.74) is 1.77. The van der Waals surface area contributed by atoms with Gasteiger partial charge in [0.1, 0.15) is 18.2 Å². The molecule has 0 spiro atoms. The quantitative estimate of drug-likeness (QED) is 0.734. The number of rotatable bonds is 5. The van der Waals surface area contributed by atoms with Crippen molar-refractivity contribution in [1.82, 2.24) is 0 Å². The minimum Gasteiger partial charge on any atom is -0.466 e. The molecule has 0 radical (unpaired) electrons. The van der Waals surface area contributed by atoms with Gasteiger partial charge in [0.2, 0.25) is 0 Å². The van der Waals surface area contributed by atoms with Crippen molar-refractivity contribution in [3.63, 3.8) is 0 Å². The molecule has 2 aromatic carbocycles. The molecule has 7 nitrogen and oxygen atoms in total. The summed E-state index contributed by atoms with van der Waals surface area (Å²) in [6, 6.07) is 14.8. The number of aryl methyl sites for hydroxylation is 1. The van der Waals surface area contributed by atoms with Gasteiger partial charge in [-0.3, -0.25) is 0 Å². The van der Waals surface area contributed by atoms with Crippen LogP contribution in [0.3, 0.4) is 0 Å². The Morgan fingerprint density at radius 2 is 1.75 bits per heavy atom. The standard InChI is InChI=1S/C21H21NO6/c1-14-7-6-8-15(11-14)28-18-10-5-4-9-17(18)22-13-27-12-16(20(23)25-2)19(22)21(24)26-3/h4-11H,12-13H2,1-3H3. The summed E-state index contributed by atoms with van der Waals surface area (Å²) in [7, 11) is 2.50. The molecule has 0 aliphatic carbocycles. The van der Waals surface area contributed by atoms with E-state index in [1.807, 2.05) is 37.3 Å². The molecular formula is C21H21NO6. The van der Waals surface area contributed by atoms with E-state index in [0.717, 1.165) is 5.56 Å². The molecule has 0 bridgehead atoms. The fraction of sp³-hybridized carbons (Fsp3) is 0.238. The molecule has 7 heteroatoms. The summed E-state index contributed by atoms with van der Waals surface area (Å²) >= 11 is 0. The molecule has 3 rings (SSSR count). The van der Waals surface area contributed by atoms with Crippen molar-refractivity contribution in [2.24, 2.45) is 0 Å². The van der Waals surface area contributed by atoms with E-state index in [-0.39, 0.29) is 24.6 Å². The molecule has 0 atom stereocenters. The molecule has 2 aromatic rings. The largest absolute Gasteiger partial charge is 0.466 e. The lowest BCUT2D eigenvalue weighted by Gasteiger charge is -2.32. The van der Waals surface area contributed by atoms with Crippen LogP contribution in [0.25, 0.3) is 0 Å². The maximum atomic E-state index is 12.5. The van der Waals surface area contributed by atoms with E-state index in [4.69, 9.17) is 18.9 Å². The van der Waals surface area contributed by atoms with Crippen LogP contribution < -0.4 is 9.64 Å². The summed E-state index contributed by atoms with van der Waals surface area (Å²) < 4.78 is 21.3. The van der Waals surface area contributed by atoms with Crippen LogP contribution in [0.5, 0.6) is 11.5 Å². The summed E-state index contributed by atoms with van der Waals surface area (Å²) in [6.45, 7) is 1.98. The van der Waals surface area contributed by atoms with Crippen LogP contribution in [-0.2, 0) is 23.8 Å². The first-order valence-electron chi connectivity index (χ1n) is 8.63. The minimum absolute atomic E-state index is 0.0471. The Morgan fingerprint density at radius 3 is 2.46 bits per heavy atom. The number of esters is 2. The van der Waals surface area contributed by atoms with Crippen LogP contribution in [-0.4, -0.2) is 39.5 Å². The van der Waals surface area contributed by atoms with Crippen molar-refractivity contribution in [2.45, 2.75) is 6.92 Å². The Labute approximate surface area is 163 Å². The molecule has 0 fully saturated rings. The number of hydrogen-bond acceptors (Lipinski definition) is 7. The number of carbonyl (C=O) groups is 2. The predicted octanol–water partition coefficient (Wildman–Crippen LogP) is 3.18. The highest BCUT2D eigenvalue weighted by Crippen LogP contribution is 2.36. The highest BCUT2D eigenvalue weighted by molar-refractivity contribution is 6.03. The highest BCUT2D eigenvalue weighted by Gasteiger charge is 2.33. The lowest BCUT2D eigenvalue weighted by Crippen LogP contribution is -2.38. The van der Waals surface area contributed by atoms with Crippen molar-refractivity contribution in [1.29, 1.82) is 0 Å². The molecule has 1 aliphatic rings. The Hall–Kier alpha value is -3.32. The van der Waals surface area contributed by atoms with Gasteiger partial charge in [0.25, 0.3) is 0 Å². The smallest absolute Gasteiger partial charge is 0.355 e. The second-order valence-electron chi connectivity index (χ2n) is 6.10. The number of methoxy groups -OCH3 is 2. The fourth-order valence-electron chi connectivity index (χ4n) is 2.91. The van der Waals surface area contributed by atoms with Gasteiger partial charge in [-0.2, -0.15) is 0 Å². The second kappa shape index (κ2) is 8.58. The highest BCUT2D eigenvalue weighted by atomic mass is 16.5. The zero-order valence-corrected chi connectivity index (χ0v) is 15.9. The molecule has 1 aliphatic heterocycles. The van der Waals surface area contributed by atoms with Crippen LogP contribution in [0, 0.1) is 6.92 Å². The minimum atomic E-state index is -0.658. The Kier molecular flexibility index (Phi) is 5.96. The lowest BCUT2D eigenvalue weighted by molar-refractivity contribution is -0.140. The Bertz CT molecular complexity index is 921. The van der Waals surface area contributed by atoms with Gasteiger partial charge in [0, 0.05) is 0 Å². The molecule has 0 saturated heterocycles. The van der Waals surface area contributed by atoms with Gasteiger partial charge in [-0.25, -0.2) is 9.59 Å². The van der Waals surface area contributed by atoms with Gasteiger partial charge < -0.3 is 23.8 Å². The monoisotopic (exact) mass is 383 g/mol. The van der Waals surface area contributed by atoms with E-state index < -0.39 is 11.9 Å². The zero-order valence-electron chi connectivity index (χ0n) is 15.9. The van der Waals surface area contributed by atoms with Crippen molar-refractivity contribution in [3.8, 4) is 11.5 Å². The Balaban J connectivity index is 2.06. The average Bonchev–Trinajstić information content (AvgIpc) is 2.72. The predicted molar refractivity (Wildman–Crippen MR) is 102 cm³/mol. The number of para-hydroxylation sites is 2. The van der Waals surface area contributed by atoms with Gasteiger partial charge >= 0.3 is 11.9 Å². The number of anilines is 1. The third-order valence-corrected chi connectivity index (χ3v) is 4.21. The fourth-order valence-corrected chi connectivity index (χ4v) is 2.91.